The van der Waals surface area contributed by atoms with E-state index < -0.39 is 0 Å². The second kappa shape index (κ2) is 5.27. The molecule has 2 rings (SSSR count). The molecule has 0 aliphatic rings. The zero-order valence-electron chi connectivity index (χ0n) is 10.4. The number of hydrogen-bond acceptors (Lipinski definition) is 3. The fraction of sp³-hybridized carbons (Fsp3) is 0.133. The van der Waals surface area contributed by atoms with Gasteiger partial charge in [0.15, 0.2) is 5.78 Å². The minimum atomic E-state index is -0.00106. The second-order valence-corrected chi connectivity index (χ2v) is 5.37. The third kappa shape index (κ3) is 2.93. The third-order valence-electron chi connectivity index (χ3n) is 2.66. The van der Waals surface area contributed by atoms with Crippen molar-refractivity contribution in [3.8, 4) is 0 Å². The van der Waals surface area contributed by atoms with Crippen LogP contribution in [-0.2, 0) is 0 Å². The quantitative estimate of drug-likeness (QED) is 0.669. The van der Waals surface area contributed by atoms with Gasteiger partial charge in [0, 0.05) is 21.0 Å². The Hall–Kier alpha value is -1.74. The van der Waals surface area contributed by atoms with Gasteiger partial charge in [-0.05, 0) is 44.2 Å². The van der Waals surface area contributed by atoms with Crippen molar-refractivity contribution in [2.24, 2.45) is 0 Å². The van der Waals surface area contributed by atoms with E-state index in [1.54, 1.807) is 17.8 Å². The summed E-state index contributed by atoms with van der Waals surface area (Å²) in [6.45, 7) is 3.59. The maximum absolute atomic E-state index is 11.4. The number of carbonyl (C=O) groups excluding carboxylic acids is 1. The monoisotopic (exact) mass is 257 g/mol. The first-order valence-corrected chi connectivity index (χ1v) is 6.53. The molecule has 0 saturated heterocycles. The van der Waals surface area contributed by atoms with Crippen molar-refractivity contribution in [1.29, 1.82) is 0 Å². The summed E-state index contributed by atoms with van der Waals surface area (Å²) in [7, 11) is 0. The van der Waals surface area contributed by atoms with Crippen molar-refractivity contribution in [2.75, 3.05) is 5.73 Å². The zero-order chi connectivity index (χ0) is 13.1. The molecule has 0 heterocycles. The van der Waals surface area contributed by atoms with Gasteiger partial charge >= 0.3 is 0 Å². The minimum absolute atomic E-state index is 0.00106. The van der Waals surface area contributed by atoms with Gasteiger partial charge in [0.05, 0.1) is 0 Å². The van der Waals surface area contributed by atoms with Crippen molar-refractivity contribution >= 4 is 23.2 Å². The minimum Gasteiger partial charge on any atom is -0.398 e. The lowest BCUT2D eigenvalue weighted by Gasteiger charge is -2.06. The molecule has 0 spiro atoms. The molecule has 0 bridgehead atoms. The highest BCUT2D eigenvalue weighted by Gasteiger charge is 2.06. The predicted octanol–water partition coefficient (Wildman–Crippen LogP) is 3.93. The van der Waals surface area contributed by atoms with Gasteiger partial charge in [-0.3, -0.25) is 4.79 Å². The number of anilines is 1. The molecule has 0 aliphatic carbocycles. The Kier molecular flexibility index (Phi) is 3.72. The maximum atomic E-state index is 11.4. The van der Waals surface area contributed by atoms with E-state index in [1.807, 2.05) is 12.1 Å². The van der Waals surface area contributed by atoms with Gasteiger partial charge in [-0.2, -0.15) is 0 Å². The molecule has 0 fully saturated rings. The van der Waals surface area contributed by atoms with Crippen LogP contribution in [0, 0.1) is 6.92 Å². The predicted molar refractivity (Wildman–Crippen MR) is 76.2 cm³/mol. The van der Waals surface area contributed by atoms with Crippen LogP contribution in [0.5, 0.6) is 0 Å². The molecule has 0 atom stereocenters. The third-order valence-corrected chi connectivity index (χ3v) is 3.66. The van der Waals surface area contributed by atoms with Crippen LogP contribution < -0.4 is 5.73 Å². The summed E-state index contributed by atoms with van der Waals surface area (Å²) >= 11 is 1.63. The van der Waals surface area contributed by atoms with E-state index >= 15 is 0 Å². The number of benzene rings is 2. The van der Waals surface area contributed by atoms with Crippen LogP contribution in [0.1, 0.15) is 22.8 Å². The van der Waals surface area contributed by atoms with Gasteiger partial charge < -0.3 is 5.73 Å². The molecule has 2 nitrogen and oxygen atoms in total. The number of carbonyl (C=O) groups is 1. The molecule has 0 aromatic heterocycles. The molecule has 0 amide bonds. The second-order valence-electron chi connectivity index (χ2n) is 4.22. The lowest BCUT2D eigenvalue weighted by Crippen LogP contribution is -1.99. The molecule has 0 unspecified atom stereocenters. The van der Waals surface area contributed by atoms with E-state index in [9.17, 15) is 4.79 Å². The first-order chi connectivity index (χ1) is 8.56. The Bertz CT molecular complexity index is 576. The fourth-order valence-corrected chi connectivity index (χ4v) is 2.50. The van der Waals surface area contributed by atoms with Crippen molar-refractivity contribution in [2.45, 2.75) is 23.6 Å². The molecule has 2 N–H and O–H groups in total. The van der Waals surface area contributed by atoms with Crippen LogP contribution in [0.2, 0.25) is 0 Å². The summed E-state index contributed by atoms with van der Waals surface area (Å²) in [5, 5.41) is 0. The van der Waals surface area contributed by atoms with E-state index in [0.717, 1.165) is 9.79 Å². The molecule has 0 radical (unpaired) electrons. The number of nitrogens with two attached hydrogens (primary N) is 1. The standard InChI is InChI=1S/C15H15NOS/c1-10-3-5-12(6-4-10)18-13-7-8-15(16)14(9-13)11(2)17/h3-9H,16H2,1-2H3. The fourth-order valence-electron chi connectivity index (χ4n) is 1.65. The van der Waals surface area contributed by atoms with Crippen molar-refractivity contribution < 1.29 is 4.79 Å². The zero-order valence-corrected chi connectivity index (χ0v) is 11.3. The Morgan fingerprint density at radius 1 is 1.06 bits per heavy atom. The Balaban J connectivity index is 2.27. The summed E-state index contributed by atoms with van der Waals surface area (Å²) in [6.07, 6.45) is 0. The number of Topliss-reactive ketones (excluding diaryl/α,β-unsaturated/α-hetero) is 1. The molecular formula is C15H15NOS. The number of ketones is 1. The van der Waals surface area contributed by atoms with E-state index in [4.69, 9.17) is 5.73 Å². The van der Waals surface area contributed by atoms with E-state index in [1.165, 1.54) is 12.5 Å². The Morgan fingerprint density at radius 3 is 2.28 bits per heavy atom. The largest absolute Gasteiger partial charge is 0.398 e. The first kappa shape index (κ1) is 12.7. The molecule has 3 heteroatoms. The van der Waals surface area contributed by atoms with Gasteiger partial charge in [-0.15, -0.1) is 0 Å². The van der Waals surface area contributed by atoms with Crippen molar-refractivity contribution in [3.05, 3.63) is 53.6 Å². The summed E-state index contributed by atoms with van der Waals surface area (Å²) in [6, 6.07) is 13.9. The SMILES string of the molecule is CC(=O)c1cc(Sc2ccc(C)cc2)ccc1N. The summed E-state index contributed by atoms with van der Waals surface area (Å²) in [4.78, 5) is 13.6. The average molecular weight is 257 g/mol. The van der Waals surface area contributed by atoms with Crippen LogP contribution in [0.4, 0.5) is 5.69 Å². The first-order valence-electron chi connectivity index (χ1n) is 5.71. The van der Waals surface area contributed by atoms with E-state index in [2.05, 4.69) is 31.2 Å². The molecule has 18 heavy (non-hydrogen) atoms. The van der Waals surface area contributed by atoms with Crippen LogP contribution in [0.3, 0.4) is 0 Å². The average Bonchev–Trinajstić information content (AvgIpc) is 2.34. The van der Waals surface area contributed by atoms with Gasteiger partial charge in [0.2, 0.25) is 0 Å². The molecule has 92 valence electrons. The normalized spacial score (nSPS) is 10.3. The molecule has 0 aliphatic heterocycles. The van der Waals surface area contributed by atoms with Gasteiger partial charge in [-0.25, -0.2) is 0 Å². The topological polar surface area (TPSA) is 43.1 Å². The van der Waals surface area contributed by atoms with E-state index in [-0.39, 0.29) is 5.78 Å². The molecule has 0 saturated carbocycles. The van der Waals surface area contributed by atoms with Crippen LogP contribution in [0.15, 0.2) is 52.3 Å². The van der Waals surface area contributed by atoms with Crippen molar-refractivity contribution in [3.63, 3.8) is 0 Å². The maximum Gasteiger partial charge on any atom is 0.161 e. The van der Waals surface area contributed by atoms with Gasteiger partial charge in [-0.1, -0.05) is 29.5 Å². The molecule has 2 aromatic carbocycles. The highest BCUT2D eigenvalue weighted by molar-refractivity contribution is 7.99. The Labute approximate surface area is 111 Å². The van der Waals surface area contributed by atoms with E-state index in [0.29, 0.717) is 11.3 Å². The summed E-state index contributed by atoms with van der Waals surface area (Å²) in [5.74, 6) is -0.00106. The van der Waals surface area contributed by atoms with Crippen LogP contribution in [-0.4, -0.2) is 5.78 Å². The Morgan fingerprint density at radius 2 is 1.67 bits per heavy atom. The molecule has 2 aromatic rings. The highest BCUT2D eigenvalue weighted by atomic mass is 32.2. The van der Waals surface area contributed by atoms with Crippen molar-refractivity contribution in [1.82, 2.24) is 0 Å². The van der Waals surface area contributed by atoms with Gasteiger partial charge in [0.25, 0.3) is 0 Å². The number of aryl methyl sites for hydroxylation is 1. The smallest absolute Gasteiger partial charge is 0.161 e. The number of hydrogen-bond donors (Lipinski definition) is 1. The molecular weight excluding hydrogens is 242 g/mol. The highest BCUT2D eigenvalue weighted by Crippen LogP contribution is 2.30. The summed E-state index contributed by atoms with van der Waals surface area (Å²) < 4.78 is 0. The van der Waals surface area contributed by atoms with Gasteiger partial charge in [0.1, 0.15) is 0 Å². The lowest BCUT2D eigenvalue weighted by atomic mass is 10.1. The van der Waals surface area contributed by atoms with Crippen LogP contribution in [0.25, 0.3) is 0 Å². The number of nitrogen functional groups attached to an aromatic ring is 1. The number of rotatable bonds is 3. The van der Waals surface area contributed by atoms with Crippen LogP contribution >= 0.6 is 11.8 Å². The lowest BCUT2D eigenvalue weighted by molar-refractivity contribution is 0.101. The summed E-state index contributed by atoms with van der Waals surface area (Å²) in [5.41, 5.74) is 8.14.